The van der Waals surface area contributed by atoms with Gasteiger partial charge in [-0.15, -0.1) is 0 Å². The van der Waals surface area contributed by atoms with Crippen molar-refractivity contribution in [2.75, 3.05) is 19.8 Å². The van der Waals surface area contributed by atoms with E-state index in [2.05, 4.69) is 0 Å². The molecule has 1 saturated heterocycles. The molecule has 92 valence electrons. The molecule has 0 amide bonds. The van der Waals surface area contributed by atoms with Gasteiger partial charge in [-0.3, -0.25) is 4.79 Å². The van der Waals surface area contributed by atoms with Crippen molar-refractivity contribution < 1.29 is 19.0 Å². The third-order valence-corrected chi connectivity index (χ3v) is 3.19. The molecule has 0 radical (unpaired) electrons. The lowest BCUT2D eigenvalue weighted by atomic mass is 10.2. The summed E-state index contributed by atoms with van der Waals surface area (Å²) in [6.07, 6.45) is 4.02. The molecule has 2 aliphatic rings. The van der Waals surface area contributed by atoms with Crippen molar-refractivity contribution >= 4 is 5.97 Å². The Labute approximate surface area is 96.2 Å². The summed E-state index contributed by atoms with van der Waals surface area (Å²) in [7, 11) is 0. The number of rotatable bonds is 6. The monoisotopic (exact) mass is 228 g/mol. The number of hydrogen-bond acceptors (Lipinski definition) is 4. The van der Waals surface area contributed by atoms with Gasteiger partial charge >= 0.3 is 5.97 Å². The van der Waals surface area contributed by atoms with Crippen LogP contribution in [-0.2, 0) is 19.0 Å². The van der Waals surface area contributed by atoms with Crippen LogP contribution in [0.2, 0.25) is 0 Å². The zero-order chi connectivity index (χ0) is 11.4. The lowest BCUT2D eigenvalue weighted by molar-refractivity contribution is -0.145. The molecule has 1 aliphatic carbocycles. The van der Waals surface area contributed by atoms with Gasteiger partial charge in [-0.25, -0.2) is 0 Å². The minimum Gasteiger partial charge on any atom is -0.466 e. The standard InChI is InChI=1S/C12H20O4/c1-2-14-12(13)10-8-9(10)5-7-16-11-4-3-6-15-11/h9-11H,2-8H2,1H3/t9-,10-,11?/m1/s1. The molecule has 0 N–H and O–H groups in total. The van der Waals surface area contributed by atoms with E-state index in [0.29, 0.717) is 19.1 Å². The van der Waals surface area contributed by atoms with E-state index in [0.717, 1.165) is 32.3 Å². The van der Waals surface area contributed by atoms with E-state index in [1.165, 1.54) is 0 Å². The van der Waals surface area contributed by atoms with Gasteiger partial charge in [-0.2, -0.15) is 0 Å². The summed E-state index contributed by atoms with van der Waals surface area (Å²) in [6, 6.07) is 0. The molecule has 2 rings (SSSR count). The molecule has 0 aromatic carbocycles. The molecule has 4 heteroatoms. The predicted molar refractivity (Wildman–Crippen MR) is 57.8 cm³/mol. The number of hydrogen-bond donors (Lipinski definition) is 0. The highest BCUT2D eigenvalue weighted by molar-refractivity contribution is 5.75. The smallest absolute Gasteiger partial charge is 0.309 e. The summed E-state index contributed by atoms with van der Waals surface area (Å²) in [4.78, 5) is 11.3. The number of ether oxygens (including phenoxy) is 3. The molecule has 16 heavy (non-hydrogen) atoms. The SMILES string of the molecule is CCOC(=O)[C@@H]1C[C@H]1CCOC1CCCO1. The average molecular weight is 228 g/mol. The lowest BCUT2D eigenvalue weighted by Gasteiger charge is -2.10. The molecular weight excluding hydrogens is 208 g/mol. The van der Waals surface area contributed by atoms with Crippen molar-refractivity contribution in [3.63, 3.8) is 0 Å². The first-order valence-corrected chi connectivity index (χ1v) is 6.21. The Kier molecular flexibility index (Phi) is 4.18. The Balaban J connectivity index is 1.53. The largest absolute Gasteiger partial charge is 0.466 e. The highest BCUT2D eigenvalue weighted by Gasteiger charge is 2.43. The van der Waals surface area contributed by atoms with Crippen molar-refractivity contribution in [2.45, 2.75) is 38.9 Å². The van der Waals surface area contributed by atoms with Crippen LogP contribution in [0.5, 0.6) is 0 Å². The third kappa shape index (κ3) is 3.19. The predicted octanol–water partition coefficient (Wildman–Crippen LogP) is 1.73. The highest BCUT2D eigenvalue weighted by atomic mass is 16.7. The molecule has 0 bridgehead atoms. The first kappa shape index (κ1) is 11.9. The quantitative estimate of drug-likeness (QED) is 0.649. The van der Waals surface area contributed by atoms with Crippen LogP contribution in [0.3, 0.4) is 0 Å². The van der Waals surface area contributed by atoms with E-state index in [1.807, 2.05) is 6.92 Å². The van der Waals surface area contributed by atoms with Gasteiger partial charge in [0.15, 0.2) is 6.29 Å². The summed E-state index contributed by atoms with van der Waals surface area (Å²) in [6.45, 7) is 3.84. The van der Waals surface area contributed by atoms with E-state index >= 15 is 0 Å². The van der Waals surface area contributed by atoms with E-state index in [9.17, 15) is 4.79 Å². The van der Waals surface area contributed by atoms with E-state index in [-0.39, 0.29) is 18.2 Å². The number of carbonyl (C=O) groups excluding carboxylic acids is 1. The fourth-order valence-electron chi connectivity index (χ4n) is 2.14. The van der Waals surface area contributed by atoms with E-state index < -0.39 is 0 Å². The zero-order valence-electron chi connectivity index (χ0n) is 9.81. The van der Waals surface area contributed by atoms with Gasteiger partial charge in [0.1, 0.15) is 0 Å². The van der Waals surface area contributed by atoms with Gasteiger partial charge in [0, 0.05) is 13.0 Å². The van der Waals surface area contributed by atoms with Crippen LogP contribution in [0.25, 0.3) is 0 Å². The first-order chi connectivity index (χ1) is 7.81. The minimum absolute atomic E-state index is 0.000191. The van der Waals surface area contributed by atoms with Gasteiger partial charge in [-0.05, 0) is 32.1 Å². The second kappa shape index (κ2) is 5.64. The third-order valence-electron chi connectivity index (χ3n) is 3.19. The molecule has 4 nitrogen and oxygen atoms in total. The maximum absolute atomic E-state index is 11.3. The summed E-state index contributed by atoms with van der Waals surface area (Å²) >= 11 is 0. The summed E-state index contributed by atoms with van der Waals surface area (Å²) < 4.78 is 15.9. The molecule has 1 aliphatic heterocycles. The second-order valence-electron chi connectivity index (χ2n) is 4.46. The van der Waals surface area contributed by atoms with E-state index in [4.69, 9.17) is 14.2 Å². The van der Waals surface area contributed by atoms with Crippen molar-refractivity contribution in [2.24, 2.45) is 11.8 Å². The van der Waals surface area contributed by atoms with Crippen LogP contribution in [0, 0.1) is 11.8 Å². The van der Waals surface area contributed by atoms with Gasteiger partial charge in [0.05, 0.1) is 19.1 Å². The molecule has 1 unspecified atom stereocenters. The van der Waals surface area contributed by atoms with Crippen LogP contribution in [-0.4, -0.2) is 32.1 Å². The fourth-order valence-corrected chi connectivity index (χ4v) is 2.14. The van der Waals surface area contributed by atoms with Crippen molar-refractivity contribution in [1.82, 2.24) is 0 Å². The Morgan fingerprint density at radius 1 is 1.50 bits per heavy atom. The highest BCUT2D eigenvalue weighted by Crippen LogP contribution is 2.42. The van der Waals surface area contributed by atoms with Gasteiger partial charge in [0.2, 0.25) is 0 Å². The molecule has 0 spiro atoms. The topological polar surface area (TPSA) is 44.8 Å². The zero-order valence-corrected chi connectivity index (χ0v) is 9.81. The molecule has 0 aromatic heterocycles. The summed E-state index contributed by atoms with van der Waals surface area (Å²) in [5.74, 6) is 0.568. The average Bonchev–Trinajstić information content (AvgIpc) is 2.85. The molecule has 0 aromatic rings. The van der Waals surface area contributed by atoms with Crippen LogP contribution in [0.4, 0.5) is 0 Å². The minimum atomic E-state index is -0.0374. The molecule has 1 heterocycles. The number of carbonyl (C=O) groups is 1. The summed E-state index contributed by atoms with van der Waals surface area (Å²) in [5.41, 5.74) is 0. The van der Waals surface area contributed by atoms with Crippen LogP contribution < -0.4 is 0 Å². The van der Waals surface area contributed by atoms with Gasteiger partial charge in [-0.1, -0.05) is 0 Å². The Morgan fingerprint density at radius 2 is 2.38 bits per heavy atom. The van der Waals surface area contributed by atoms with Crippen molar-refractivity contribution in [3.05, 3.63) is 0 Å². The second-order valence-corrected chi connectivity index (χ2v) is 4.46. The Hall–Kier alpha value is -0.610. The maximum atomic E-state index is 11.3. The van der Waals surface area contributed by atoms with Crippen LogP contribution in [0.15, 0.2) is 0 Å². The Morgan fingerprint density at radius 3 is 3.06 bits per heavy atom. The first-order valence-electron chi connectivity index (χ1n) is 6.21. The van der Waals surface area contributed by atoms with Crippen LogP contribution in [0.1, 0.15) is 32.6 Å². The van der Waals surface area contributed by atoms with Crippen molar-refractivity contribution in [3.8, 4) is 0 Å². The number of esters is 1. The fraction of sp³-hybridized carbons (Fsp3) is 0.917. The molecule has 3 atom stereocenters. The lowest BCUT2D eigenvalue weighted by Crippen LogP contribution is -2.13. The summed E-state index contributed by atoms with van der Waals surface area (Å²) in [5, 5.41) is 0. The Bertz CT molecular complexity index is 235. The normalized spacial score (nSPS) is 32.7. The maximum Gasteiger partial charge on any atom is 0.309 e. The van der Waals surface area contributed by atoms with Crippen LogP contribution >= 0.6 is 0 Å². The molecule has 1 saturated carbocycles. The van der Waals surface area contributed by atoms with E-state index in [1.54, 1.807) is 0 Å². The van der Waals surface area contributed by atoms with Crippen molar-refractivity contribution in [1.29, 1.82) is 0 Å². The molecule has 2 fully saturated rings. The molecular formula is C12H20O4. The van der Waals surface area contributed by atoms with Gasteiger partial charge < -0.3 is 14.2 Å². The van der Waals surface area contributed by atoms with Gasteiger partial charge in [0.25, 0.3) is 0 Å².